The number of hydrogen-bond acceptors (Lipinski definition) is 2. The predicted octanol–water partition coefficient (Wildman–Crippen LogP) is 3.86. The fourth-order valence-electron chi connectivity index (χ4n) is 1.09. The molecule has 0 saturated heterocycles. The number of benzene rings is 1. The van der Waals surface area contributed by atoms with Crippen molar-refractivity contribution in [2.24, 2.45) is 0 Å². The third-order valence-corrected chi connectivity index (χ3v) is 3.57. The quantitative estimate of drug-likeness (QED) is 0.626. The van der Waals surface area contributed by atoms with E-state index >= 15 is 0 Å². The second-order valence-corrected chi connectivity index (χ2v) is 4.41. The first-order valence-electron chi connectivity index (χ1n) is 4.34. The van der Waals surface area contributed by atoms with Crippen LogP contribution >= 0.6 is 39.1 Å². The van der Waals surface area contributed by atoms with Crippen LogP contribution in [0, 0.1) is 0 Å². The Morgan fingerprint density at radius 3 is 2.60 bits per heavy atom. The maximum Gasteiger partial charge on any atom is 0.310 e. The molecular weight excluding hydrogens is 303 g/mol. The molecule has 0 fully saturated rings. The van der Waals surface area contributed by atoms with Gasteiger partial charge in [0.1, 0.15) is 0 Å². The van der Waals surface area contributed by atoms with E-state index in [4.69, 9.17) is 27.9 Å². The molecule has 82 valence electrons. The summed E-state index contributed by atoms with van der Waals surface area (Å²) in [5, 5.41) is 1.03. The van der Waals surface area contributed by atoms with Crippen LogP contribution in [0.4, 0.5) is 0 Å². The Hall–Kier alpha value is -0.250. The van der Waals surface area contributed by atoms with Crippen molar-refractivity contribution in [2.45, 2.75) is 13.3 Å². The van der Waals surface area contributed by atoms with Gasteiger partial charge in [0.15, 0.2) is 0 Å². The number of carbonyl (C=O) groups is 1. The van der Waals surface area contributed by atoms with E-state index in [0.717, 1.165) is 0 Å². The van der Waals surface area contributed by atoms with Crippen molar-refractivity contribution in [2.75, 3.05) is 6.61 Å². The van der Waals surface area contributed by atoms with Gasteiger partial charge in [-0.05, 0) is 40.5 Å². The largest absolute Gasteiger partial charge is 0.466 e. The highest BCUT2D eigenvalue weighted by Crippen LogP contribution is 2.32. The van der Waals surface area contributed by atoms with Gasteiger partial charge in [0.05, 0.1) is 18.1 Å². The number of ether oxygens (including phenoxy) is 1. The molecule has 0 heterocycles. The maximum absolute atomic E-state index is 11.3. The third-order valence-electron chi connectivity index (χ3n) is 1.77. The minimum Gasteiger partial charge on any atom is -0.466 e. The average molecular weight is 312 g/mol. The Morgan fingerprint density at radius 1 is 1.40 bits per heavy atom. The summed E-state index contributed by atoms with van der Waals surface area (Å²) in [7, 11) is 0. The first kappa shape index (κ1) is 12.8. The summed E-state index contributed by atoms with van der Waals surface area (Å²) < 4.78 is 5.48. The summed E-state index contributed by atoms with van der Waals surface area (Å²) in [5.74, 6) is -0.317. The van der Waals surface area contributed by atoms with Crippen molar-refractivity contribution in [3.63, 3.8) is 0 Å². The zero-order valence-corrected chi connectivity index (χ0v) is 11.1. The first-order chi connectivity index (χ1) is 7.06. The average Bonchev–Trinajstić information content (AvgIpc) is 2.19. The van der Waals surface area contributed by atoms with E-state index in [0.29, 0.717) is 26.7 Å². The Bertz CT molecular complexity index is 380. The summed E-state index contributed by atoms with van der Waals surface area (Å²) in [5.41, 5.74) is 0.655. The lowest BCUT2D eigenvalue weighted by Gasteiger charge is -2.07. The van der Waals surface area contributed by atoms with Gasteiger partial charge in [0.2, 0.25) is 0 Å². The molecule has 0 aliphatic rings. The molecule has 0 spiro atoms. The van der Waals surface area contributed by atoms with Crippen LogP contribution in [0.25, 0.3) is 0 Å². The van der Waals surface area contributed by atoms with E-state index in [2.05, 4.69) is 15.9 Å². The number of hydrogen-bond donors (Lipinski definition) is 0. The molecule has 0 amide bonds. The van der Waals surface area contributed by atoms with E-state index < -0.39 is 0 Å². The van der Waals surface area contributed by atoms with Gasteiger partial charge in [-0.15, -0.1) is 0 Å². The summed E-state index contributed by atoms with van der Waals surface area (Å²) in [6.45, 7) is 2.11. The van der Waals surface area contributed by atoms with Crippen molar-refractivity contribution < 1.29 is 9.53 Å². The second-order valence-electron chi connectivity index (χ2n) is 2.80. The van der Waals surface area contributed by atoms with Gasteiger partial charge >= 0.3 is 5.97 Å². The van der Waals surface area contributed by atoms with Gasteiger partial charge in [-0.3, -0.25) is 4.79 Å². The van der Waals surface area contributed by atoms with Gasteiger partial charge < -0.3 is 4.74 Å². The predicted molar refractivity (Wildman–Crippen MR) is 64.5 cm³/mol. The normalized spacial score (nSPS) is 10.1. The molecule has 5 heteroatoms. The van der Waals surface area contributed by atoms with Gasteiger partial charge in [0, 0.05) is 9.50 Å². The Morgan fingerprint density at radius 2 is 2.00 bits per heavy atom. The van der Waals surface area contributed by atoms with Crippen molar-refractivity contribution >= 4 is 45.1 Å². The molecular formula is C10H9BrCl2O2. The maximum atomic E-state index is 11.3. The monoisotopic (exact) mass is 310 g/mol. The van der Waals surface area contributed by atoms with E-state index in [9.17, 15) is 4.79 Å². The lowest BCUT2D eigenvalue weighted by molar-refractivity contribution is -0.142. The fraction of sp³-hybridized carbons (Fsp3) is 0.300. The Labute approximate surface area is 107 Å². The smallest absolute Gasteiger partial charge is 0.310 e. The molecule has 15 heavy (non-hydrogen) atoms. The van der Waals surface area contributed by atoms with Gasteiger partial charge in [-0.2, -0.15) is 0 Å². The van der Waals surface area contributed by atoms with Crippen molar-refractivity contribution in [1.82, 2.24) is 0 Å². The van der Waals surface area contributed by atoms with E-state index in [1.807, 2.05) is 0 Å². The van der Waals surface area contributed by atoms with Crippen molar-refractivity contribution in [3.8, 4) is 0 Å². The number of halogens is 3. The molecule has 0 bridgehead atoms. The molecule has 1 aromatic rings. The molecule has 0 N–H and O–H groups in total. The molecule has 0 aromatic heterocycles. The molecule has 0 radical (unpaired) electrons. The zero-order chi connectivity index (χ0) is 11.4. The second kappa shape index (κ2) is 5.73. The number of esters is 1. The molecule has 1 rings (SSSR count). The summed E-state index contributed by atoms with van der Waals surface area (Å²) in [6.07, 6.45) is 0.119. The van der Waals surface area contributed by atoms with Crippen LogP contribution in [-0.2, 0) is 16.0 Å². The first-order valence-corrected chi connectivity index (χ1v) is 5.89. The van der Waals surface area contributed by atoms with Crippen molar-refractivity contribution in [1.29, 1.82) is 0 Å². The third kappa shape index (κ3) is 3.37. The van der Waals surface area contributed by atoms with Crippen LogP contribution in [0.1, 0.15) is 12.5 Å². The highest BCUT2D eigenvalue weighted by Gasteiger charge is 2.13. The topological polar surface area (TPSA) is 26.3 Å². The summed E-state index contributed by atoms with van der Waals surface area (Å²) in [4.78, 5) is 11.3. The highest BCUT2D eigenvalue weighted by atomic mass is 79.9. The number of carbonyl (C=O) groups excluding carboxylic acids is 1. The minimum atomic E-state index is -0.317. The van der Waals surface area contributed by atoms with E-state index in [-0.39, 0.29) is 12.4 Å². The molecule has 1 aromatic carbocycles. The minimum absolute atomic E-state index is 0.119. The van der Waals surface area contributed by atoms with Crippen LogP contribution < -0.4 is 0 Å². The Kier molecular flexibility index (Phi) is 4.90. The van der Waals surface area contributed by atoms with Crippen molar-refractivity contribution in [3.05, 3.63) is 32.2 Å². The summed E-state index contributed by atoms with van der Waals surface area (Å²) >= 11 is 15.1. The standard InChI is InChI=1S/C10H9BrCl2O2/c1-2-15-9(14)5-6-7(12)3-4-8(13)10(6)11/h3-4H,2,5H2,1H3. The van der Waals surface area contributed by atoms with Crippen LogP contribution in [0.2, 0.25) is 10.0 Å². The lowest BCUT2D eigenvalue weighted by Crippen LogP contribution is -2.08. The molecule has 0 atom stereocenters. The zero-order valence-electron chi connectivity index (χ0n) is 8.02. The molecule has 2 nitrogen and oxygen atoms in total. The van der Waals surface area contributed by atoms with Gasteiger partial charge in [0.25, 0.3) is 0 Å². The van der Waals surface area contributed by atoms with Gasteiger partial charge in [-0.25, -0.2) is 0 Å². The molecule has 0 saturated carbocycles. The Balaban J connectivity index is 2.93. The van der Waals surface area contributed by atoms with Crippen LogP contribution in [0.5, 0.6) is 0 Å². The van der Waals surface area contributed by atoms with Gasteiger partial charge in [-0.1, -0.05) is 23.2 Å². The van der Waals surface area contributed by atoms with Crippen LogP contribution in [0.3, 0.4) is 0 Å². The number of rotatable bonds is 3. The van der Waals surface area contributed by atoms with Crippen LogP contribution in [0.15, 0.2) is 16.6 Å². The fourth-order valence-corrected chi connectivity index (χ4v) is 2.09. The molecule has 0 aliphatic carbocycles. The van der Waals surface area contributed by atoms with E-state index in [1.165, 1.54) is 0 Å². The van der Waals surface area contributed by atoms with E-state index in [1.54, 1.807) is 19.1 Å². The molecule has 0 aliphatic heterocycles. The SMILES string of the molecule is CCOC(=O)Cc1c(Cl)ccc(Cl)c1Br. The lowest BCUT2D eigenvalue weighted by atomic mass is 10.1. The molecule has 0 unspecified atom stereocenters. The highest BCUT2D eigenvalue weighted by molar-refractivity contribution is 9.10. The van der Waals surface area contributed by atoms with Crippen LogP contribution in [-0.4, -0.2) is 12.6 Å². The summed E-state index contributed by atoms with van der Waals surface area (Å²) in [6, 6.07) is 3.33.